The summed E-state index contributed by atoms with van der Waals surface area (Å²) in [4.78, 5) is 29.0. The second-order valence-electron chi connectivity index (χ2n) is 4.51. The SMILES string of the molecule is Cc1ncc(CNC(=O)c2cc3ccccc3oc2=O)s1. The number of hydrogen-bond acceptors (Lipinski definition) is 5. The van der Waals surface area contributed by atoms with Crippen LogP contribution >= 0.6 is 11.3 Å². The van der Waals surface area contributed by atoms with Gasteiger partial charge in [0.05, 0.1) is 11.6 Å². The standard InChI is InChI=1S/C15H12N2O3S/c1-9-16-7-11(21-9)8-17-14(18)12-6-10-4-2-3-5-13(10)20-15(12)19/h2-7H,8H2,1H3,(H,17,18). The van der Waals surface area contributed by atoms with Crippen molar-refractivity contribution in [3.05, 3.63) is 62.4 Å². The van der Waals surface area contributed by atoms with Crippen LogP contribution in [0.5, 0.6) is 0 Å². The molecule has 0 bridgehead atoms. The molecule has 6 heteroatoms. The van der Waals surface area contributed by atoms with Gasteiger partial charge in [-0.05, 0) is 19.1 Å². The highest BCUT2D eigenvalue weighted by atomic mass is 32.1. The average molecular weight is 300 g/mol. The van der Waals surface area contributed by atoms with Gasteiger partial charge in [0, 0.05) is 16.5 Å². The fourth-order valence-corrected chi connectivity index (χ4v) is 2.70. The predicted molar refractivity (Wildman–Crippen MR) is 80.5 cm³/mol. The molecule has 0 spiro atoms. The van der Waals surface area contributed by atoms with Gasteiger partial charge in [0.1, 0.15) is 11.1 Å². The van der Waals surface area contributed by atoms with Crippen molar-refractivity contribution >= 4 is 28.2 Å². The third-order valence-electron chi connectivity index (χ3n) is 2.98. The molecule has 1 N–H and O–H groups in total. The molecule has 2 heterocycles. The second kappa shape index (κ2) is 5.49. The Hall–Kier alpha value is -2.47. The van der Waals surface area contributed by atoms with Crippen molar-refractivity contribution in [1.82, 2.24) is 10.3 Å². The minimum atomic E-state index is -0.633. The number of benzene rings is 1. The Labute approximate surface area is 124 Å². The number of carbonyl (C=O) groups is 1. The Morgan fingerprint density at radius 2 is 2.19 bits per heavy atom. The first-order chi connectivity index (χ1) is 10.1. The van der Waals surface area contributed by atoms with Gasteiger partial charge < -0.3 is 9.73 Å². The molecule has 5 nitrogen and oxygen atoms in total. The molecule has 0 radical (unpaired) electrons. The number of thiazole rings is 1. The van der Waals surface area contributed by atoms with Crippen molar-refractivity contribution in [3.8, 4) is 0 Å². The Balaban J connectivity index is 1.84. The van der Waals surface area contributed by atoms with Crippen LogP contribution in [0, 0.1) is 6.92 Å². The molecular formula is C15H12N2O3S. The summed E-state index contributed by atoms with van der Waals surface area (Å²) in [5.41, 5.74) is -0.154. The summed E-state index contributed by atoms with van der Waals surface area (Å²) in [5.74, 6) is -0.444. The van der Waals surface area contributed by atoms with Gasteiger partial charge >= 0.3 is 5.63 Å². The van der Waals surface area contributed by atoms with Crippen LogP contribution in [0.25, 0.3) is 11.0 Å². The number of aryl methyl sites for hydroxylation is 1. The van der Waals surface area contributed by atoms with Crippen molar-refractivity contribution in [2.75, 3.05) is 0 Å². The summed E-state index contributed by atoms with van der Waals surface area (Å²) in [6.45, 7) is 2.24. The molecule has 0 saturated heterocycles. The maximum atomic E-state index is 12.1. The first-order valence-electron chi connectivity index (χ1n) is 6.36. The van der Waals surface area contributed by atoms with Gasteiger partial charge in [-0.3, -0.25) is 4.79 Å². The molecule has 0 aliphatic carbocycles. The van der Waals surface area contributed by atoms with E-state index < -0.39 is 11.5 Å². The smallest absolute Gasteiger partial charge is 0.349 e. The zero-order chi connectivity index (χ0) is 14.8. The summed E-state index contributed by atoms with van der Waals surface area (Å²) < 4.78 is 5.14. The Morgan fingerprint density at radius 1 is 1.38 bits per heavy atom. The summed E-state index contributed by atoms with van der Waals surface area (Å²) >= 11 is 1.50. The number of aromatic nitrogens is 1. The number of para-hydroxylation sites is 1. The number of carbonyl (C=O) groups excluding carboxylic acids is 1. The molecule has 1 aromatic carbocycles. The van der Waals surface area contributed by atoms with Crippen LogP contribution in [0.1, 0.15) is 20.2 Å². The molecule has 0 saturated carbocycles. The number of fused-ring (bicyclic) bond motifs is 1. The van der Waals surface area contributed by atoms with Gasteiger partial charge in [0.25, 0.3) is 5.91 Å². The van der Waals surface area contributed by atoms with Crippen molar-refractivity contribution in [3.63, 3.8) is 0 Å². The normalized spacial score (nSPS) is 10.7. The molecule has 0 fully saturated rings. The van der Waals surface area contributed by atoms with Gasteiger partial charge in [0.2, 0.25) is 0 Å². The van der Waals surface area contributed by atoms with E-state index in [9.17, 15) is 9.59 Å². The van der Waals surface area contributed by atoms with Gasteiger partial charge in [-0.25, -0.2) is 9.78 Å². The third-order valence-corrected chi connectivity index (χ3v) is 3.89. The molecule has 3 rings (SSSR count). The minimum absolute atomic E-state index is 0.00920. The van der Waals surface area contributed by atoms with Crippen molar-refractivity contribution in [2.24, 2.45) is 0 Å². The summed E-state index contributed by atoms with van der Waals surface area (Å²) in [6.07, 6.45) is 1.71. The maximum absolute atomic E-state index is 12.1. The highest BCUT2D eigenvalue weighted by Crippen LogP contribution is 2.13. The number of hydrogen-bond donors (Lipinski definition) is 1. The van der Waals surface area contributed by atoms with Crippen LogP contribution in [0.3, 0.4) is 0 Å². The van der Waals surface area contributed by atoms with Gasteiger partial charge in [-0.2, -0.15) is 0 Å². The highest BCUT2D eigenvalue weighted by Gasteiger charge is 2.13. The van der Waals surface area contributed by atoms with Crippen LogP contribution in [0.2, 0.25) is 0 Å². The van der Waals surface area contributed by atoms with E-state index in [-0.39, 0.29) is 5.56 Å². The third kappa shape index (κ3) is 2.85. The molecule has 2 aromatic heterocycles. The Kier molecular flexibility index (Phi) is 3.53. The van der Waals surface area contributed by atoms with Crippen molar-refractivity contribution in [2.45, 2.75) is 13.5 Å². The average Bonchev–Trinajstić information content (AvgIpc) is 2.89. The lowest BCUT2D eigenvalue weighted by molar-refractivity contribution is 0.0948. The van der Waals surface area contributed by atoms with E-state index in [0.717, 1.165) is 15.3 Å². The highest BCUT2D eigenvalue weighted by molar-refractivity contribution is 7.11. The molecular weight excluding hydrogens is 288 g/mol. The lowest BCUT2D eigenvalue weighted by atomic mass is 10.2. The van der Waals surface area contributed by atoms with E-state index in [2.05, 4.69) is 10.3 Å². The van der Waals surface area contributed by atoms with Crippen LogP contribution in [0.15, 0.2) is 45.7 Å². The number of rotatable bonds is 3. The van der Waals surface area contributed by atoms with Crippen molar-refractivity contribution < 1.29 is 9.21 Å². The zero-order valence-corrected chi connectivity index (χ0v) is 12.1. The van der Waals surface area contributed by atoms with Gasteiger partial charge in [0.15, 0.2) is 0 Å². The molecule has 0 unspecified atom stereocenters. The van der Waals surface area contributed by atoms with E-state index in [4.69, 9.17) is 4.42 Å². The quantitative estimate of drug-likeness (QED) is 0.754. The van der Waals surface area contributed by atoms with Crippen LogP contribution in [0.4, 0.5) is 0 Å². The topological polar surface area (TPSA) is 72.2 Å². The monoisotopic (exact) mass is 300 g/mol. The van der Waals surface area contributed by atoms with E-state index in [1.807, 2.05) is 13.0 Å². The molecule has 3 aromatic rings. The summed E-state index contributed by atoms with van der Waals surface area (Å²) in [5, 5.41) is 4.36. The van der Waals surface area contributed by atoms with Crippen LogP contribution in [-0.2, 0) is 6.54 Å². The largest absolute Gasteiger partial charge is 0.422 e. The first kappa shape index (κ1) is 13.5. The van der Waals surface area contributed by atoms with E-state index in [0.29, 0.717) is 12.1 Å². The van der Waals surface area contributed by atoms with Crippen LogP contribution < -0.4 is 10.9 Å². The Morgan fingerprint density at radius 3 is 2.95 bits per heavy atom. The lowest BCUT2D eigenvalue weighted by Crippen LogP contribution is -2.27. The lowest BCUT2D eigenvalue weighted by Gasteiger charge is -2.03. The number of amides is 1. The fraction of sp³-hybridized carbons (Fsp3) is 0.133. The molecule has 106 valence electrons. The van der Waals surface area contributed by atoms with Gasteiger partial charge in [-0.15, -0.1) is 11.3 Å². The van der Waals surface area contributed by atoms with Gasteiger partial charge in [-0.1, -0.05) is 18.2 Å². The van der Waals surface area contributed by atoms with E-state index in [1.165, 1.54) is 11.3 Å². The number of nitrogens with zero attached hydrogens (tertiary/aromatic N) is 1. The summed E-state index contributed by atoms with van der Waals surface area (Å²) in [6, 6.07) is 8.63. The van der Waals surface area contributed by atoms with Crippen LogP contribution in [-0.4, -0.2) is 10.9 Å². The first-order valence-corrected chi connectivity index (χ1v) is 7.17. The minimum Gasteiger partial charge on any atom is -0.422 e. The predicted octanol–water partition coefficient (Wildman–Crippen LogP) is 2.49. The molecule has 0 atom stereocenters. The maximum Gasteiger partial charge on any atom is 0.349 e. The second-order valence-corrected chi connectivity index (χ2v) is 5.83. The zero-order valence-electron chi connectivity index (χ0n) is 11.3. The molecule has 21 heavy (non-hydrogen) atoms. The van der Waals surface area contributed by atoms with E-state index in [1.54, 1.807) is 30.5 Å². The van der Waals surface area contributed by atoms with Crippen molar-refractivity contribution in [1.29, 1.82) is 0 Å². The Bertz CT molecular complexity index is 866. The molecule has 1 amide bonds. The fourth-order valence-electron chi connectivity index (χ4n) is 1.97. The van der Waals surface area contributed by atoms with E-state index >= 15 is 0 Å². The molecule has 0 aliphatic heterocycles. The molecule has 0 aliphatic rings. The summed E-state index contributed by atoms with van der Waals surface area (Å²) in [7, 11) is 0. The number of nitrogens with one attached hydrogen (secondary N) is 1.